The summed E-state index contributed by atoms with van der Waals surface area (Å²) in [5, 5.41) is 13.1. The summed E-state index contributed by atoms with van der Waals surface area (Å²) >= 11 is 0. The van der Waals surface area contributed by atoms with Crippen molar-refractivity contribution in [3.63, 3.8) is 0 Å². The Hall–Kier alpha value is -4.34. The summed E-state index contributed by atoms with van der Waals surface area (Å²) in [6.45, 7) is 0. The van der Waals surface area contributed by atoms with Gasteiger partial charge in [-0.1, -0.05) is 36.4 Å². The largest absolute Gasteiger partial charge is 0.377 e. The molecular weight excluding hydrogens is 388 g/mol. The molecule has 2 N–H and O–H groups in total. The number of anilines is 2. The Labute approximate surface area is 170 Å². The number of hydrogen-bond acceptors (Lipinski definition) is 6. The summed E-state index contributed by atoms with van der Waals surface area (Å²) in [5.74, 6) is -0.578. The first-order valence-corrected chi connectivity index (χ1v) is 8.99. The molecule has 0 aliphatic carbocycles. The van der Waals surface area contributed by atoms with E-state index in [0.29, 0.717) is 22.5 Å². The zero-order valence-corrected chi connectivity index (χ0v) is 16.2. The maximum Gasteiger partial charge on any atom is 0.377 e. The van der Waals surface area contributed by atoms with Crippen molar-refractivity contribution in [1.82, 2.24) is 10.5 Å². The van der Waals surface area contributed by atoms with Gasteiger partial charge in [-0.05, 0) is 33.6 Å². The van der Waals surface area contributed by atoms with Gasteiger partial charge in [-0.3, -0.25) is 29.3 Å². The highest BCUT2D eigenvalue weighted by Gasteiger charge is 2.40. The standard InChI is InChI=1S/C20H17N6O4/c1-25-15(19(29-23-25)21-17(27)13-9-5-3-6-10-13)16-20(30-24-26(16)2)22-18(28)14-11-7-4-8-12-14/h3-12,23H,1-2H3/q+1/p+1. The smallest absolute Gasteiger partial charge is 0.284 e. The van der Waals surface area contributed by atoms with Gasteiger partial charge in [0.2, 0.25) is 10.5 Å². The SMILES string of the molecule is C[n+]1noc(NC(=O)c2ccccc2)c1-c1c(NC(=O)c2ccccc2)on[n+]1C. The molecule has 0 saturated carbocycles. The molecule has 150 valence electrons. The van der Waals surface area contributed by atoms with Gasteiger partial charge in [-0.25, -0.2) is 0 Å². The quantitative estimate of drug-likeness (QED) is 0.485. The number of carbonyl (C=O) groups is 2. The third-order valence-corrected chi connectivity index (χ3v) is 4.34. The van der Waals surface area contributed by atoms with Crippen molar-refractivity contribution < 1.29 is 28.0 Å². The van der Waals surface area contributed by atoms with E-state index < -0.39 is 0 Å². The molecule has 4 aromatic rings. The minimum absolute atomic E-state index is 0.0837. The molecule has 0 spiro atoms. The van der Waals surface area contributed by atoms with Crippen LogP contribution < -0.4 is 20.0 Å². The van der Waals surface area contributed by atoms with Gasteiger partial charge in [0, 0.05) is 11.1 Å². The van der Waals surface area contributed by atoms with Crippen LogP contribution in [0, 0.1) is 0 Å². The number of nitrogens with zero attached hydrogens (tertiary/aromatic N) is 4. The van der Waals surface area contributed by atoms with E-state index >= 15 is 0 Å². The molecule has 0 aliphatic rings. The van der Waals surface area contributed by atoms with Crippen LogP contribution in [0.2, 0.25) is 0 Å². The van der Waals surface area contributed by atoms with Crippen molar-refractivity contribution in [1.29, 1.82) is 0 Å². The van der Waals surface area contributed by atoms with Crippen LogP contribution >= 0.6 is 0 Å². The van der Waals surface area contributed by atoms with E-state index in [2.05, 4.69) is 21.2 Å². The number of rotatable bonds is 5. The molecule has 0 bridgehead atoms. The molecule has 0 aliphatic heterocycles. The molecule has 0 atom stereocenters. The molecule has 2 aromatic carbocycles. The lowest BCUT2D eigenvalue weighted by Crippen LogP contribution is -2.39. The average molecular weight is 406 g/mol. The van der Waals surface area contributed by atoms with E-state index in [1.807, 2.05) is 12.1 Å². The fraction of sp³-hybridized carbons (Fsp3) is 0.100. The Morgan fingerprint density at radius 1 is 0.700 bits per heavy atom. The van der Waals surface area contributed by atoms with Gasteiger partial charge in [-0.2, -0.15) is 0 Å². The van der Waals surface area contributed by atoms with Gasteiger partial charge in [-0.15, -0.1) is 0 Å². The molecule has 4 rings (SSSR count). The van der Waals surface area contributed by atoms with Crippen molar-refractivity contribution in [3.05, 3.63) is 71.8 Å². The Bertz CT molecular complexity index is 1110. The Kier molecular flexibility index (Phi) is 5.04. The first-order chi connectivity index (χ1) is 14.5. The van der Waals surface area contributed by atoms with E-state index in [1.165, 1.54) is 9.36 Å². The van der Waals surface area contributed by atoms with E-state index in [4.69, 9.17) is 9.05 Å². The van der Waals surface area contributed by atoms with Crippen LogP contribution in [0.25, 0.3) is 11.4 Å². The zero-order valence-electron chi connectivity index (χ0n) is 16.2. The van der Waals surface area contributed by atoms with Gasteiger partial charge in [0.05, 0.1) is 0 Å². The van der Waals surface area contributed by atoms with Crippen LogP contribution in [0.3, 0.4) is 0 Å². The lowest BCUT2D eigenvalue weighted by atomic mass is 10.2. The molecular formula is C20H18N6O4+2. The molecule has 10 heteroatoms. The number of aromatic nitrogens is 4. The number of nitrogens with one attached hydrogen (secondary N) is 2. The maximum atomic E-state index is 12.6. The number of benzene rings is 2. The van der Waals surface area contributed by atoms with Crippen molar-refractivity contribution in [3.8, 4) is 11.4 Å². The number of aryl methyl sites for hydroxylation is 2. The van der Waals surface area contributed by atoms with Crippen LogP contribution in [0.5, 0.6) is 0 Å². The van der Waals surface area contributed by atoms with E-state index in [-0.39, 0.29) is 23.6 Å². The van der Waals surface area contributed by atoms with Crippen LogP contribution in [0.15, 0.2) is 69.7 Å². The van der Waals surface area contributed by atoms with Gasteiger partial charge in [0.1, 0.15) is 0 Å². The second-order valence-corrected chi connectivity index (χ2v) is 6.39. The minimum Gasteiger partial charge on any atom is -0.284 e. The zero-order chi connectivity index (χ0) is 21.1. The predicted octanol–water partition coefficient (Wildman–Crippen LogP) is 1.48. The molecule has 0 saturated heterocycles. The second-order valence-electron chi connectivity index (χ2n) is 6.39. The second kappa shape index (κ2) is 7.95. The van der Waals surface area contributed by atoms with Crippen molar-refractivity contribution >= 4 is 23.6 Å². The summed E-state index contributed by atoms with van der Waals surface area (Å²) in [6.07, 6.45) is 0. The lowest BCUT2D eigenvalue weighted by molar-refractivity contribution is -0.755. The van der Waals surface area contributed by atoms with Crippen molar-refractivity contribution in [2.24, 2.45) is 14.1 Å². The molecule has 0 fully saturated rings. The summed E-state index contributed by atoms with van der Waals surface area (Å²) in [7, 11) is 3.26. The Morgan fingerprint density at radius 2 is 1.07 bits per heavy atom. The van der Waals surface area contributed by atoms with Crippen LogP contribution in [0.4, 0.5) is 11.8 Å². The summed E-state index contributed by atoms with van der Waals surface area (Å²) in [4.78, 5) is 25.1. The molecule has 2 heterocycles. The number of carbonyl (C=O) groups excluding carboxylic acids is 2. The monoisotopic (exact) mass is 406 g/mol. The molecule has 30 heavy (non-hydrogen) atoms. The molecule has 0 radical (unpaired) electrons. The maximum absolute atomic E-state index is 12.6. The summed E-state index contributed by atoms with van der Waals surface area (Å²) in [6, 6.07) is 17.4. The van der Waals surface area contributed by atoms with Crippen LogP contribution in [-0.2, 0) is 14.1 Å². The third kappa shape index (κ3) is 3.65. The average Bonchev–Trinajstić information content (AvgIpc) is 3.30. The minimum atomic E-state index is -0.373. The summed E-state index contributed by atoms with van der Waals surface area (Å²) in [5.41, 5.74) is 1.64. The predicted molar refractivity (Wildman–Crippen MR) is 103 cm³/mol. The highest BCUT2D eigenvalue weighted by Crippen LogP contribution is 2.28. The van der Waals surface area contributed by atoms with E-state index in [1.54, 1.807) is 62.6 Å². The first kappa shape index (κ1) is 19.0. The molecule has 0 unspecified atom stereocenters. The first-order valence-electron chi connectivity index (χ1n) is 8.99. The van der Waals surface area contributed by atoms with Gasteiger partial charge in [0.25, 0.3) is 11.8 Å². The molecule has 2 amide bonds. The third-order valence-electron chi connectivity index (χ3n) is 4.34. The Balaban J connectivity index is 1.67. The molecule has 2 aromatic heterocycles. The highest BCUT2D eigenvalue weighted by atomic mass is 16.5. The number of hydrogen-bond donors (Lipinski definition) is 2. The number of amides is 2. The normalized spacial score (nSPS) is 10.6. The van der Waals surface area contributed by atoms with Crippen molar-refractivity contribution in [2.45, 2.75) is 0 Å². The lowest BCUT2D eigenvalue weighted by Gasteiger charge is -2.01. The van der Waals surface area contributed by atoms with Gasteiger partial charge < -0.3 is 0 Å². The topological polar surface area (TPSA) is 118 Å². The van der Waals surface area contributed by atoms with Gasteiger partial charge in [0.15, 0.2) is 14.1 Å². The fourth-order valence-corrected chi connectivity index (χ4v) is 2.88. The highest BCUT2D eigenvalue weighted by molar-refractivity contribution is 6.06. The van der Waals surface area contributed by atoms with E-state index in [9.17, 15) is 9.59 Å². The van der Waals surface area contributed by atoms with Gasteiger partial charge >= 0.3 is 23.2 Å². The Morgan fingerprint density at radius 3 is 1.43 bits per heavy atom. The van der Waals surface area contributed by atoms with Crippen LogP contribution in [-0.4, -0.2) is 22.4 Å². The van der Waals surface area contributed by atoms with E-state index in [0.717, 1.165) is 0 Å². The van der Waals surface area contributed by atoms with Crippen LogP contribution in [0.1, 0.15) is 20.7 Å². The summed E-state index contributed by atoms with van der Waals surface area (Å²) < 4.78 is 13.4. The fourth-order valence-electron chi connectivity index (χ4n) is 2.88. The van der Waals surface area contributed by atoms with Crippen molar-refractivity contribution in [2.75, 3.05) is 10.6 Å². The molecule has 10 nitrogen and oxygen atoms in total.